The Hall–Kier alpha value is -2.55. The van der Waals surface area contributed by atoms with Crippen LogP contribution < -0.4 is 4.90 Å². The Morgan fingerprint density at radius 2 is 1.97 bits per heavy atom. The lowest BCUT2D eigenvalue weighted by Gasteiger charge is -2.28. The Morgan fingerprint density at radius 3 is 2.58 bits per heavy atom. The van der Waals surface area contributed by atoms with Crippen molar-refractivity contribution in [3.63, 3.8) is 0 Å². The molecule has 0 spiro atoms. The maximum absolute atomic E-state index is 12.9. The van der Waals surface area contributed by atoms with Crippen molar-refractivity contribution in [2.24, 2.45) is 0 Å². The maximum Gasteiger partial charge on any atom is 0.417 e. The highest BCUT2D eigenvalue weighted by atomic mass is 35.5. The molecule has 5 nitrogen and oxygen atoms in total. The van der Waals surface area contributed by atoms with Crippen molar-refractivity contribution in [2.45, 2.75) is 25.1 Å². The van der Waals surface area contributed by atoms with Crippen molar-refractivity contribution in [1.82, 2.24) is 9.97 Å². The molecule has 4 rings (SSSR count). The first-order valence-electron chi connectivity index (χ1n) is 9.28. The number of oxazole rings is 1. The highest BCUT2D eigenvalue weighted by Crippen LogP contribution is 2.38. The first-order valence-corrected chi connectivity index (χ1v) is 10.0. The van der Waals surface area contributed by atoms with Crippen LogP contribution in [0.5, 0.6) is 0 Å². The van der Waals surface area contributed by atoms with E-state index >= 15 is 0 Å². The first-order chi connectivity index (χ1) is 14.8. The Labute approximate surface area is 185 Å². The van der Waals surface area contributed by atoms with Gasteiger partial charge in [-0.1, -0.05) is 29.3 Å². The molecule has 0 saturated heterocycles. The molecule has 2 aromatic heterocycles. The zero-order valence-electron chi connectivity index (χ0n) is 15.9. The van der Waals surface area contributed by atoms with Gasteiger partial charge in [0.05, 0.1) is 27.9 Å². The maximum atomic E-state index is 12.9. The molecular weight excluding hydrogens is 454 g/mol. The zero-order valence-corrected chi connectivity index (χ0v) is 17.4. The molecule has 10 heteroatoms. The van der Waals surface area contributed by atoms with Gasteiger partial charge in [0.15, 0.2) is 12.2 Å². The third-order valence-electron chi connectivity index (χ3n) is 5.04. The summed E-state index contributed by atoms with van der Waals surface area (Å²) < 4.78 is 44.0. The molecular formula is C21H16Cl2F3N3O2. The monoisotopic (exact) mass is 469 g/mol. The summed E-state index contributed by atoms with van der Waals surface area (Å²) in [4.78, 5) is 10.2. The third-order valence-corrected chi connectivity index (χ3v) is 5.66. The Bertz CT molecular complexity index is 1130. The molecule has 1 aromatic carbocycles. The second-order valence-electron chi connectivity index (χ2n) is 6.97. The highest BCUT2D eigenvalue weighted by molar-refractivity contribution is 6.32. The van der Waals surface area contributed by atoms with Gasteiger partial charge in [-0.25, -0.2) is 4.98 Å². The minimum atomic E-state index is -4.49. The fraction of sp³-hybridized carbons (Fsp3) is 0.238. The topological polar surface area (TPSA) is 62.4 Å². The Balaban J connectivity index is 1.53. The predicted molar refractivity (Wildman–Crippen MR) is 111 cm³/mol. The fourth-order valence-corrected chi connectivity index (χ4v) is 4.06. The molecule has 0 radical (unpaired) electrons. The largest absolute Gasteiger partial charge is 0.443 e. The number of alkyl halides is 3. The standard InChI is InChI=1S/C21H16Cl2F3N3O2/c22-16-8-14(1-2-15(16)21(24,25)26)29-5-3-12(4-6-29)19-17(23)7-13(9-27-19)20-18(10-30)28-11-31-20/h1-3,5,7-9,11-12,30H,4,6,10H2. The normalized spacial score (nSPS) is 16.7. The molecule has 0 saturated carbocycles. The van der Waals surface area contributed by atoms with E-state index < -0.39 is 11.7 Å². The number of hydrogen-bond acceptors (Lipinski definition) is 5. The Kier molecular flexibility index (Phi) is 5.96. The van der Waals surface area contributed by atoms with Crippen molar-refractivity contribution < 1.29 is 22.7 Å². The summed E-state index contributed by atoms with van der Waals surface area (Å²) in [7, 11) is 0. The number of rotatable bonds is 4. The van der Waals surface area contributed by atoms with Gasteiger partial charge in [-0.3, -0.25) is 4.98 Å². The van der Waals surface area contributed by atoms with Gasteiger partial charge < -0.3 is 14.4 Å². The summed E-state index contributed by atoms with van der Waals surface area (Å²) >= 11 is 12.3. The Morgan fingerprint density at radius 1 is 1.16 bits per heavy atom. The minimum Gasteiger partial charge on any atom is -0.443 e. The van der Waals surface area contributed by atoms with Gasteiger partial charge in [-0.2, -0.15) is 13.2 Å². The van der Waals surface area contributed by atoms with Crippen LogP contribution in [0.4, 0.5) is 18.9 Å². The average molecular weight is 470 g/mol. The summed E-state index contributed by atoms with van der Waals surface area (Å²) in [5.41, 5.74) is 1.40. The first kappa shape index (κ1) is 21.7. The van der Waals surface area contributed by atoms with Crippen LogP contribution in [-0.4, -0.2) is 21.6 Å². The van der Waals surface area contributed by atoms with E-state index in [0.29, 0.717) is 46.4 Å². The van der Waals surface area contributed by atoms with Crippen LogP contribution in [0, 0.1) is 0 Å². The van der Waals surface area contributed by atoms with Crippen molar-refractivity contribution in [3.05, 3.63) is 76.1 Å². The highest BCUT2D eigenvalue weighted by Gasteiger charge is 2.33. The predicted octanol–water partition coefficient (Wildman–Crippen LogP) is 6.06. The molecule has 1 atom stereocenters. The van der Waals surface area contributed by atoms with E-state index in [-0.39, 0.29) is 17.5 Å². The van der Waals surface area contributed by atoms with Gasteiger partial charge in [0.2, 0.25) is 0 Å². The molecule has 1 N–H and O–H groups in total. The average Bonchev–Trinajstić information content (AvgIpc) is 3.22. The molecule has 1 aliphatic rings. The molecule has 162 valence electrons. The van der Waals surface area contributed by atoms with Gasteiger partial charge >= 0.3 is 6.18 Å². The molecule has 0 bridgehead atoms. The van der Waals surface area contributed by atoms with Gasteiger partial charge in [-0.05, 0) is 30.7 Å². The van der Waals surface area contributed by atoms with E-state index in [1.807, 2.05) is 11.0 Å². The number of hydrogen-bond donors (Lipinski definition) is 1. The van der Waals surface area contributed by atoms with Gasteiger partial charge in [0.25, 0.3) is 0 Å². The van der Waals surface area contributed by atoms with Crippen LogP contribution in [-0.2, 0) is 12.8 Å². The number of allylic oxidation sites excluding steroid dienone is 1. The summed E-state index contributed by atoms with van der Waals surface area (Å²) in [6.45, 7) is 0.291. The molecule has 0 aliphatic carbocycles. The van der Waals surface area contributed by atoms with Crippen molar-refractivity contribution in [2.75, 3.05) is 11.4 Å². The molecule has 0 amide bonds. The van der Waals surface area contributed by atoms with Crippen molar-refractivity contribution in [3.8, 4) is 11.3 Å². The number of aliphatic hydroxyl groups excluding tert-OH is 1. The van der Waals surface area contributed by atoms with Gasteiger partial charge in [-0.15, -0.1) is 0 Å². The number of nitrogens with zero attached hydrogens (tertiary/aromatic N) is 3. The number of pyridine rings is 1. The van der Waals surface area contributed by atoms with Crippen LogP contribution in [0.2, 0.25) is 10.0 Å². The second-order valence-corrected chi connectivity index (χ2v) is 7.78. The fourth-order valence-electron chi connectivity index (χ4n) is 3.47. The van der Waals surface area contributed by atoms with Crippen LogP contribution >= 0.6 is 23.2 Å². The van der Waals surface area contributed by atoms with E-state index in [2.05, 4.69) is 9.97 Å². The smallest absolute Gasteiger partial charge is 0.417 e. The second kappa shape index (κ2) is 8.53. The lowest BCUT2D eigenvalue weighted by Crippen LogP contribution is -2.24. The molecule has 1 unspecified atom stereocenters. The van der Waals surface area contributed by atoms with Crippen LogP contribution in [0.3, 0.4) is 0 Å². The van der Waals surface area contributed by atoms with Gasteiger partial charge in [0.1, 0.15) is 5.69 Å². The molecule has 1 aliphatic heterocycles. The molecule has 3 aromatic rings. The minimum absolute atomic E-state index is 0.0604. The lowest BCUT2D eigenvalue weighted by atomic mass is 9.96. The number of anilines is 1. The van der Waals surface area contributed by atoms with Gasteiger partial charge in [0, 0.05) is 36.1 Å². The third kappa shape index (κ3) is 4.42. The number of benzene rings is 1. The van der Waals surface area contributed by atoms with Crippen LogP contribution in [0.15, 0.2) is 53.5 Å². The van der Waals surface area contributed by atoms with E-state index in [0.717, 1.165) is 6.07 Å². The summed E-state index contributed by atoms with van der Waals surface area (Å²) in [6.07, 6.45) is 2.71. The summed E-state index contributed by atoms with van der Waals surface area (Å²) in [5.74, 6) is 0.350. The summed E-state index contributed by atoms with van der Waals surface area (Å²) in [6, 6.07) is 5.40. The van der Waals surface area contributed by atoms with E-state index in [1.54, 1.807) is 18.5 Å². The number of aromatic nitrogens is 2. The van der Waals surface area contributed by atoms with Crippen LogP contribution in [0.25, 0.3) is 11.3 Å². The number of aliphatic hydroxyl groups is 1. The zero-order chi connectivity index (χ0) is 22.2. The van der Waals surface area contributed by atoms with Crippen LogP contribution in [0.1, 0.15) is 29.3 Å². The van der Waals surface area contributed by atoms with E-state index in [4.69, 9.17) is 27.6 Å². The van der Waals surface area contributed by atoms with E-state index in [9.17, 15) is 18.3 Å². The molecule has 3 heterocycles. The summed E-state index contributed by atoms with van der Waals surface area (Å²) in [5, 5.41) is 9.44. The SMILES string of the molecule is OCc1ncoc1-c1cnc(C2C=CN(c3ccc(C(F)(F)F)c(Cl)c3)CC2)c(Cl)c1. The molecule has 0 fully saturated rings. The lowest BCUT2D eigenvalue weighted by molar-refractivity contribution is -0.137. The van der Waals surface area contributed by atoms with E-state index in [1.165, 1.54) is 18.5 Å². The van der Waals surface area contributed by atoms with Crippen molar-refractivity contribution >= 4 is 28.9 Å². The molecule has 31 heavy (non-hydrogen) atoms. The quantitative estimate of drug-likeness (QED) is 0.502. The number of halogens is 5. The van der Waals surface area contributed by atoms with Crippen molar-refractivity contribution in [1.29, 1.82) is 0 Å².